The lowest BCUT2D eigenvalue weighted by Crippen LogP contribution is -2.18. The molecular formula is C15H15N3O3. The Morgan fingerprint density at radius 2 is 2.10 bits per heavy atom. The molecule has 2 rings (SSSR count). The van der Waals surface area contributed by atoms with Gasteiger partial charge in [-0.25, -0.2) is 5.43 Å². The maximum atomic E-state index is 11.7. The Bertz CT molecular complexity index is 615. The van der Waals surface area contributed by atoms with E-state index in [0.717, 1.165) is 0 Å². The van der Waals surface area contributed by atoms with Gasteiger partial charge in [0.25, 0.3) is 5.91 Å². The summed E-state index contributed by atoms with van der Waals surface area (Å²) in [7, 11) is 0. The maximum Gasteiger partial charge on any atom is 0.289 e. The number of carbonyl (C=O) groups excluding carboxylic acids is 1. The van der Waals surface area contributed by atoms with Gasteiger partial charge in [0.15, 0.2) is 0 Å². The number of hydrogen-bond donors (Lipinski definition) is 2. The number of amides is 1. The summed E-state index contributed by atoms with van der Waals surface area (Å²) in [5, 5.41) is 12.7. The van der Waals surface area contributed by atoms with Crippen LogP contribution in [0.1, 0.15) is 16.1 Å². The first-order chi connectivity index (χ1) is 10.3. The van der Waals surface area contributed by atoms with E-state index < -0.39 is 0 Å². The van der Waals surface area contributed by atoms with Gasteiger partial charge >= 0.3 is 0 Å². The molecule has 21 heavy (non-hydrogen) atoms. The molecule has 0 radical (unpaired) electrons. The number of hydrogen-bond acceptors (Lipinski definition) is 5. The van der Waals surface area contributed by atoms with Gasteiger partial charge in [-0.3, -0.25) is 9.78 Å². The van der Waals surface area contributed by atoms with E-state index in [-0.39, 0.29) is 19.1 Å². The fraction of sp³-hybridized carbons (Fsp3) is 0.133. The van der Waals surface area contributed by atoms with Crippen LogP contribution in [0.2, 0.25) is 0 Å². The molecule has 0 saturated heterocycles. The average Bonchev–Trinajstić information content (AvgIpc) is 2.54. The molecule has 1 aromatic carbocycles. The zero-order valence-corrected chi connectivity index (χ0v) is 11.3. The topological polar surface area (TPSA) is 83.8 Å². The minimum absolute atomic E-state index is 0.0676. The minimum atomic E-state index is -0.388. The fourth-order valence-electron chi connectivity index (χ4n) is 1.59. The van der Waals surface area contributed by atoms with Crippen molar-refractivity contribution < 1.29 is 14.6 Å². The number of aromatic nitrogens is 1. The van der Waals surface area contributed by atoms with E-state index in [9.17, 15) is 4.79 Å². The number of para-hydroxylation sites is 1. The van der Waals surface area contributed by atoms with E-state index in [2.05, 4.69) is 15.5 Å². The van der Waals surface area contributed by atoms with Crippen molar-refractivity contribution in [3.8, 4) is 5.75 Å². The van der Waals surface area contributed by atoms with Crippen LogP contribution in [0.15, 0.2) is 53.8 Å². The maximum absolute atomic E-state index is 11.7. The lowest BCUT2D eigenvalue weighted by molar-refractivity contribution is 0.0950. The number of aliphatic hydroxyl groups excluding tert-OH is 1. The van der Waals surface area contributed by atoms with Crippen molar-refractivity contribution in [2.45, 2.75) is 0 Å². The molecular weight excluding hydrogens is 270 g/mol. The van der Waals surface area contributed by atoms with Crippen molar-refractivity contribution >= 4 is 12.1 Å². The number of hydrazone groups is 1. The second kappa shape index (κ2) is 7.76. The highest BCUT2D eigenvalue weighted by Crippen LogP contribution is 2.15. The van der Waals surface area contributed by atoms with E-state index in [0.29, 0.717) is 17.0 Å². The van der Waals surface area contributed by atoms with Crippen molar-refractivity contribution in [3.63, 3.8) is 0 Å². The van der Waals surface area contributed by atoms with Gasteiger partial charge in [-0.2, -0.15) is 5.10 Å². The van der Waals surface area contributed by atoms with Gasteiger partial charge in [-0.05, 0) is 24.3 Å². The van der Waals surface area contributed by atoms with Gasteiger partial charge in [0, 0.05) is 11.8 Å². The zero-order valence-electron chi connectivity index (χ0n) is 11.3. The summed E-state index contributed by atoms with van der Waals surface area (Å²) in [6.45, 7) is 0.132. The number of nitrogens with zero attached hydrogens (tertiary/aromatic N) is 2. The van der Waals surface area contributed by atoms with Crippen molar-refractivity contribution in [3.05, 3.63) is 59.9 Å². The first kappa shape index (κ1) is 14.7. The summed E-state index contributed by atoms with van der Waals surface area (Å²) in [5.74, 6) is 0.197. The number of pyridine rings is 1. The normalized spacial score (nSPS) is 10.5. The molecule has 6 nitrogen and oxygen atoms in total. The Hall–Kier alpha value is -2.73. The van der Waals surface area contributed by atoms with E-state index in [1.807, 2.05) is 12.1 Å². The molecule has 0 spiro atoms. The molecule has 0 aliphatic heterocycles. The van der Waals surface area contributed by atoms with Crippen LogP contribution in [0.5, 0.6) is 5.75 Å². The second-order valence-corrected chi connectivity index (χ2v) is 4.02. The molecule has 0 aliphatic carbocycles. The van der Waals surface area contributed by atoms with Crippen LogP contribution in [0.4, 0.5) is 0 Å². The van der Waals surface area contributed by atoms with E-state index >= 15 is 0 Å². The summed E-state index contributed by atoms with van der Waals surface area (Å²) in [6.07, 6.45) is 3.02. The van der Waals surface area contributed by atoms with E-state index in [4.69, 9.17) is 9.84 Å². The summed E-state index contributed by atoms with van der Waals surface area (Å²) in [6, 6.07) is 12.3. The van der Waals surface area contributed by atoms with Crippen LogP contribution in [-0.4, -0.2) is 35.4 Å². The van der Waals surface area contributed by atoms with Gasteiger partial charge < -0.3 is 9.84 Å². The molecule has 0 aliphatic rings. The molecule has 0 bridgehead atoms. The predicted octanol–water partition coefficient (Wildman–Crippen LogP) is 1.22. The average molecular weight is 285 g/mol. The van der Waals surface area contributed by atoms with Gasteiger partial charge in [-0.1, -0.05) is 18.2 Å². The Balaban J connectivity index is 2.00. The van der Waals surface area contributed by atoms with E-state index in [1.54, 1.807) is 30.3 Å². The third kappa shape index (κ3) is 4.39. The molecule has 108 valence electrons. The third-order valence-electron chi connectivity index (χ3n) is 2.54. The molecule has 6 heteroatoms. The molecule has 1 amide bonds. The number of rotatable bonds is 6. The standard InChI is InChI=1S/C15H15N3O3/c19-9-10-21-14-7-2-1-5-12(14)11-17-18-15(20)13-6-3-4-8-16-13/h1-8,11,19H,9-10H2,(H,18,20)/b17-11+. The van der Waals surface area contributed by atoms with Crippen LogP contribution in [0, 0.1) is 0 Å². The predicted molar refractivity (Wildman–Crippen MR) is 78.3 cm³/mol. The largest absolute Gasteiger partial charge is 0.491 e. The van der Waals surface area contributed by atoms with Gasteiger partial charge in [0.1, 0.15) is 18.1 Å². The molecule has 2 aromatic rings. The molecule has 1 aromatic heterocycles. The summed E-state index contributed by atoms with van der Waals surface area (Å²) in [4.78, 5) is 15.7. The number of nitrogens with one attached hydrogen (secondary N) is 1. The van der Waals surface area contributed by atoms with Crippen molar-refractivity contribution in [1.29, 1.82) is 0 Å². The molecule has 2 N–H and O–H groups in total. The third-order valence-corrected chi connectivity index (χ3v) is 2.54. The van der Waals surface area contributed by atoms with Crippen molar-refractivity contribution in [2.24, 2.45) is 5.10 Å². The highest BCUT2D eigenvalue weighted by atomic mass is 16.5. The molecule has 1 heterocycles. The van der Waals surface area contributed by atoms with Crippen molar-refractivity contribution in [1.82, 2.24) is 10.4 Å². The van der Waals surface area contributed by atoms with E-state index in [1.165, 1.54) is 12.4 Å². The monoisotopic (exact) mass is 285 g/mol. The molecule has 0 saturated carbocycles. The Kier molecular flexibility index (Phi) is 5.42. The van der Waals surface area contributed by atoms with Gasteiger partial charge in [0.05, 0.1) is 12.8 Å². The van der Waals surface area contributed by atoms with Crippen LogP contribution >= 0.6 is 0 Å². The smallest absolute Gasteiger partial charge is 0.289 e. The minimum Gasteiger partial charge on any atom is -0.491 e. The molecule has 0 unspecified atom stereocenters. The van der Waals surface area contributed by atoms with Gasteiger partial charge in [0.2, 0.25) is 0 Å². The SMILES string of the molecule is O=C(N/N=C/c1ccccc1OCCO)c1ccccn1. The van der Waals surface area contributed by atoms with Crippen LogP contribution in [0.3, 0.4) is 0 Å². The highest BCUT2D eigenvalue weighted by molar-refractivity contribution is 5.93. The lowest BCUT2D eigenvalue weighted by atomic mass is 10.2. The molecule has 0 fully saturated rings. The summed E-state index contributed by atoms with van der Waals surface area (Å²) in [5.41, 5.74) is 3.39. The zero-order chi connectivity index (χ0) is 14.9. The lowest BCUT2D eigenvalue weighted by Gasteiger charge is -2.06. The second-order valence-electron chi connectivity index (χ2n) is 4.02. The quantitative estimate of drug-likeness (QED) is 0.617. The van der Waals surface area contributed by atoms with Gasteiger partial charge in [-0.15, -0.1) is 0 Å². The van der Waals surface area contributed by atoms with Crippen LogP contribution in [0.25, 0.3) is 0 Å². The number of carbonyl (C=O) groups is 1. The number of benzene rings is 1. The number of ether oxygens (including phenoxy) is 1. The fourth-order valence-corrected chi connectivity index (χ4v) is 1.59. The first-order valence-corrected chi connectivity index (χ1v) is 6.38. The van der Waals surface area contributed by atoms with Crippen LogP contribution in [-0.2, 0) is 0 Å². The Morgan fingerprint density at radius 3 is 2.86 bits per heavy atom. The van der Waals surface area contributed by atoms with Crippen molar-refractivity contribution in [2.75, 3.05) is 13.2 Å². The summed E-state index contributed by atoms with van der Waals surface area (Å²) >= 11 is 0. The first-order valence-electron chi connectivity index (χ1n) is 6.38. The number of aliphatic hydroxyl groups is 1. The summed E-state index contributed by atoms with van der Waals surface area (Å²) < 4.78 is 5.36. The Morgan fingerprint density at radius 1 is 1.29 bits per heavy atom. The van der Waals surface area contributed by atoms with Crippen LogP contribution < -0.4 is 10.2 Å². The molecule has 0 atom stereocenters. The highest BCUT2D eigenvalue weighted by Gasteiger charge is 2.04. The Labute approximate surface area is 122 Å².